The summed E-state index contributed by atoms with van der Waals surface area (Å²) in [6.07, 6.45) is 3.67. The predicted octanol–water partition coefficient (Wildman–Crippen LogP) is 1.40. The first-order valence-corrected chi connectivity index (χ1v) is 5.95. The van der Waals surface area contributed by atoms with Gasteiger partial charge in [0, 0.05) is 25.8 Å². The van der Waals surface area contributed by atoms with E-state index in [0.29, 0.717) is 6.04 Å². The topological polar surface area (TPSA) is 34.0 Å². The standard InChI is InChI=1S/C10H12N4S/c1-4-15-8-9(1)5-13-6-10(7-13)14-3-2-11-12-14/h1-4,8,10H,5-7H2. The molecule has 0 saturated carbocycles. The lowest BCUT2D eigenvalue weighted by molar-refractivity contribution is 0.0898. The molecule has 2 aromatic heterocycles. The zero-order valence-electron chi connectivity index (χ0n) is 8.28. The van der Waals surface area contributed by atoms with Crippen LogP contribution < -0.4 is 0 Å². The molecule has 4 nitrogen and oxygen atoms in total. The molecular weight excluding hydrogens is 208 g/mol. The molecule has 2 aromatic rings. The quantitative estimate of drug-likeness (QED) is 0.784. The summed E-state index contributed by atoms with van der Waals surface area (Å²) in [5.41, 5.74) is 1.41. The van der Waals surface area contributed by atoms with Gasteiger partial charge < -0.3 is 0 Å². The maximum atomic E-state index is 4.01. The van der Waals surface area contributed by atoms with Gasteiger partial charge in [-0.3, -0.25) is 4.90 Å². The summed E-state index contributed by atoms with van der Waals surface area (Å²) >= 11 is 1.76. The number of rotatable bonds is 3. The van der Waals surface area contributed by atoms with Gasteiger partial charge in [0.05, 0.1) is 12.2 Å². The van der Waals surface area contributed by atoms with Gasteiger partial charge in [-0.05, 0) is 22.4 Å². The third-order valence-corrected chi connectivity index (χ3v) is 3.47. The van der Waals surface area contributed by atoms with Crippen LogP contribution in [-0.4, -0.2) is 33.0 Å². The van der Waals surface area contributed by atoms with E-state index in [1.807, 2.05) is 10.9 Å². The fourth-order valence-electron chi connectivity index (χ4n) is 1.89. The van der Waals surface area contributed by atoms with Crippen molar-refractivity contribution < 1.29 is 0 Å². The molecule has 0 aromatic carbocycles. The summed E-state index contributed by atoms with van der Waals surface area (Å²) in [5.74, 6) is 0. The van der Waals surface area contributed by atoms with Crippen LogP contribution >= 0.6 is 11.3 Å². The van der Waals surface area contributed by atoms with Gasteiger partial charge in [-0.15, -0.1) is 5.10 Å². The monoisotopic (exact) mass is 220 g/mol. The van der Waals surface area contributed by atoms with E-state index in [4.69, 9.17) is 0 Å². The molecule has 15 heavy (non-hydrogen) atoms. The second-order valence-electron chi connectivity index (χ2n) is 3.86. The summed E-state index contributed by atoms with van der Waals surface area (Å²) in [5, 5.41) is 12.2. The van der Waals surface area contributed by atoms with Crippen LogP contribution in [0, 0.1) is 0 Å². The molecule has 0 unspecified atom stereocenters. The zero-order chi connectivity index (χ0) is 10.1. The van der Waals surface area contributed by atoms with Crippen molar-refractivity contribution in [2.24, 2.45) is 0 Å². The Bertz CT molecular complexity index is 403. The van der Waals surface area contributed by atoms with E-state index in [2.05, 4.69) is 32.0 Å². The molecule has 1 fully saturated rings. The highest BCUT2D eigenvalue weighted by Crippen LogP contribution is 2.22. The lowest BCUT2D eigenvalue weighted by Gasteiger charge is -2.38. The summed E-state index contributed by atoms with van der Waals surface area (Å²) < 4.78 is 1.95. The fraction of sp³-hybridized carbons (Fsp3) is 0.400. The minimum absolute atomic E-state index is 0.520. The Labute approximate surface area is 92.1 Å². The first kappa shape index (κ1) is 9.06. The van der Waals surface area contributed by atoms with E-state index in [1.165, 1.54) is 5.56 Å². The van der Waals surface area contributed by atoms with E-state index >= 15 is 0 Å². The Morgan fingerprint density at radius 3 is 3.07 bits per heavy atom. The second kappa shape index (κ2) is 3.75. The normalized spacial score (nSPS) is 17.9. The molecule has 0 aliphatic carbocycles. The predicted molar refractivity (Wildman–Crippen MR) is 58.7 cm³/mol. The van der Waals surface area contributed by atoms with E-state index < -0.39 is 0 Å². The summed E-state index contributed by atoms with van der Waals surface area (Å²) in [6, 6.07) is 2.71. The van der Waals surface area contributed by atoms with Crippen LogP contribution in [0.3, 0.4) is 0 Å². The lowest BCUT2D eigenvalue weighted by atomic mass is 10.1. The van der Waals surface area contributed by atoms with Crippen LogP contribution in [0.15, 0.2) is 29.2 Å². The van der Waals surface area contributed by atoms with E-state index in [0.717, 1.165) is 19.6 Å². The van der Waals surface area contributed by atoms with Crippen molar-refractivity contribution in [1.29, 1.82) is 0 Å². The number of hydrogen-bond acceptors (Lipinski definition) is 4. The van der Waals surface area contributed by atoms with Crippen LogP contribution in [0.1, 0.15) is 11.6 Å². The molecular formula is C10H12N4S. The average Bonchev–Trinajstić information content (AvgIpc) is 2.83. The Hall–Kier alpha value is -1.20. The number of aromatic nitrogens is 3. The number of nitrogens with zero attached hydrogens (tertiary/aromatic N) is 4. The van der Waals surface area contributed by atoms with Gasteiger partial charge in [-0.2, -0.15) is 11.3 Å². The maximum absolute atomic E-state index is 4.01. The highest BCUT2D eigenvalue weighted by Gasteiger charge is 2.28. The first-order chi connectivity index (χ1) is 7.42. The van der Waals surface area contributed by atoms with Gasteiger partial charge in [-0.1, -0.05) is 5.21 Å². The molecule has 1 aliphatic heterocycles. The van der Waals surface area contributed by atoms with Crippen LogP contribution in [0.4, 0.5) is 0 Å². The lowest BCUT2D eigenvalue weighted by Crippen LogP contribution is -2.47. The van der Waals surface area contributed by atoms with E-state index in [-0.39, 0.29) is 0 Å². The molecule has 5 heteroatoms. The molecule has 3 rings (SSSR count). The molecule has 1 aliphatic rings. The minimum Gasteiger partial charge on any atom is -0.295 e. The molecule has 0 bridgehead atoms. The van der Waals surface area contributed by atoms with Gasteiger partial charge in [0.1, 0.15) is 0 Å². The summed E-state index contributed by atoms with van der Waals surface area (Å²) in [6.45, 7) is 3.23. The smallest absolute Gasteiger partial charge is 0.0790 e. The molecule has 0 radical (unpaired) electrons. The minimum atomic E-state index is 0.520. The zero-order valence-corrected chi connectivity index (χ0v) is 9.10. The maximum Gasteiger partial charge on any atom is 0.0790 e. The van der Waals surface area contributed by atoms with Gasteiger partial charge in [0.15, 0.2) is 0 Å². The Morgan fingerprint density at radius 2 is 2.40 bits per heavy atom. The van der Waals surface area contributed by atoms with Crippen LogP contribution in [0.25, 0.3) is 0 Å². The number of likely N-dealkylation sites (tertiary alicyclic amines) is 1. The van der Waals surface area contributed by atoms with Crippen molar-refractivity contribution in [3.63, 3.8) is 0 Å². The third kappa shape index (κ3) is 1.80. The van der Waals surface area contributed by atoms with Crippen molar-refractivity contribution >= 4 is 11.3 Å². The Morgan fingerprint density at radius 1 is 1.47 bits per heavy atom. The Balaban J connectivity index is 1.54. The third-order valence-electron chi connectivity index (χ3n) is 2.74. The second-order valence-corrected chi connectivity index (χ2v) is 4.64. The van der Waals surface area contributed by atoms with Crippen LogP contribution in [-0.2, 0) is 6.54 Å². The molecule has 0 amide bonds. The molecule has 0 spiro atoms. The van der Waals surface area contributed by atoms with Crippen molar-refractivity contribution in [1.82, 2.24) is 19.9 Å². The fourth-order valence-corrected chi connectivity index (χ4v) is 2.55. The SMILES string of the molecule is c1cn(C2CN(Cc3ccsc3)C2)nn1. The van der Waals surface area contributed by atoms with Gasteiger partial charge in [0.25, 0.3) is 0 Å². The van der Waals surface area contributed by atoms with Crippen molar-refractivity contribution in [2.75, 3.05) is 13.1 Å². The van der Waals surface area contributed by atoms with E-state index in [1.54, 1.807) is 17.5 Å². The number of thiophene rings is 1. The largest absolute Gasteiger partial charge is 0.295 e. The summed E-state index contributed by atoms with van der Waals surface area (Å²) in [7, 11) is 0. The number of hydrogen-bond donors (Lipinski definition) is 0. The molecule has 1 saturated heterocycles. The average molecular weight is 220 g/mol. The molecule has 0 atom stereocenters. The highest BCUT2D eigenvalue weighted by atomic mass is 32.1. The van der Waals surface area contributed by atoms with Gasteiger partial charge >= 0.3 is 0 Å². The summed E-state index contributed by atoms with van der Waals surface area (Å²) in [4.78, 5) is 2.42. The molecule has 0 N–H and O–H groups in total. The molecule has 3 heterocycles. The Kier molecular flexibility index (Phi) is 2.26. The van der Waals surface area contributed by atoms with Crippen molar-refractivity contribution in [3.8, 4) is 0 Å². The van der Waals surface area contributed by atoms with Crippen molar-refractivity contribution in [3.05, 3.63) is 34.8 Å². The van der Waals surface area contributed by atoms with Gasteiger partial charge in [-0.25, -0.2) is 4.68 Å². The molecule has 78 valence electrons. The van der Waals surface area contributed by atoms with Crippen LogP contribution in [0.5, 0.6) is 0 Å². The highest BCUT2D eigenvalue weighted by molar-refractivity contribution is 7.07. The van der Waals surface area contributed by atoms with E-state index in [9.17, 15) is 0 Å². The van der Waals surface area contributed by atoms with Crippen LogP contribution in [0.2, 0.25) is 0 Å². The van der Waals surface area contributed by atoms with Crippen molar-refractivity contribution in [2.45, 2.75) is 12.6 Å². The van der Waals surface area contributed by atoms with Gasteiger partial charge in [0.2, 0.25) is 0 Å². The first-order valence-electron chi connectivity index (χ1n) is 5.01.